The van der Waals surface area contributed by atoms with Crippen LogP contribution in [-0.4, -0.2) is 48.8 Å². The molecule has 0 amide bonds. The van der Waals surface area contributed by atoms with E-state index in [2.05, 4.69) is 34.1 Å². The monoisotopic (exact) mass is 357 g/mol. The highest BCUT2D eigenvalue weighted by molar-refractivity contribution is 7.89. The molecule has 0 spiro atoms. The number of nitrogens with zero attached hydrogens (tertiary/aromatic N) is 3. The van der Waals surface area contributed by atoms with Crippen molar-refractivity contribution in [1.82, 2.24) is 14.2 Å². The molecular formula is C19H23N3O2S. The average molecular weight is 357 g/mol. The molecule has 6 heteroatoms. The van der Waals surface area contributed by atoms with Crippen molar-refractivity contribution in [2.45, 2.75) is 30.2 Å². The summed E-state index contributed by atoms with van der Waals surface area (Å²) >= 11 is 0. The molecule has 132 valence electrons. The molecule has 2 aromatic rings. The summed E-state index contributed by atoms with van der Waals surface area (Å²) in [5.74, 6) is 0. The average Bonchev–Trinajstić information content (AvgIpc) is 2.68. The first-order chi connectivity index (χ1) is 12.2. The highest BCUT2D eigenvalue weighted by Gasteiger charge is 2.33. The highest BCUT2D eigenvalue weighted by Crippen LogP contribution is 2.35. The third kappa shape index (κ3) is 3.21. The molecule has 2 aliphatic rings. The number of rotatable bonds is 3. The van der Waals surface area contributed by atoms with Crippen LogP contribution in [0.2, 0.25) is 0 Å². The van der Waals surface area contributed by atoms with Crippen LogP contribution in [0.1, 0.15) is 30.0 Å². The molecule has 1 aromatic heterocycles. The molecule has 2 heterocycles. The van der Waals surface area contributed by atoms with E-state index < -0.39 is 10.0 Å². The highest BCUT2D eigenvalue weighted by atomic mass is 32.2. The standard InChI is InChI=1S/C19H23N3O2S/c23-25(24,17-7-4-10-20-15-17)22-13-11-21(12-14-22)19-9-3-6-16-5-1-2-8-18(16)19/h1-2,4-5,7-8,10,15,19H,3,6,9,11-14H2. The van der Waals surface area contributed by atoms with Crippen molar-refractivity contribution in [2.24, 2.45) is 0 Å². The minimum absolute atomic E-state index is 0.284. The van der Waals surface area contributed by atoms with Crippen LogP contribution in [0.5, 0.6) is 0 Å². The van der Waals surface area contributed by atoms with Gasteiger partial charge in [0.1, 0.15) is 4.90 Å². The lowest BCUT2D eigenvalue weighted by molar-refractivity contribution is 0.125. The topological polar surface area (TPSA) is 53.5 Å². The Morgan fingerprint density at radius 3 is 2.56 bits per heavy atom. The van der Waals surface area contributed by atoms with Gasteiger partial charge in [-0.25, -0.2) is 8.42 Å². The van der Waals surface area contributed by atoms with Gasteiger partial charge in [0, 0.05) is 44.6 Å². The number of aryl methyl sites for hydroxylation is 1. The van der Waals surface area contributed by atoms with E-state index in [-0.39, 0.29) is 4.90 Å². The normalized spacial score (nSPS) is 22.5. The minimum atomic E-state index is -3.43. The SMILES string of the molecule is O=S(=O)(c1cccnc1)N1CCN(C2CCCc3ccccc32)CC1. The predicted molar refractivity (Wildman–Crippen MR) is 96.7 cm³/mol. The lowest BCUT2D eigenvalue weighted by atomic mass is 9.86. The first-order valence-electron chi connectivity index (χ1n) is 8.88. The van der Waals surface area contributed by atoms with E-state index >= 15 is 0 Å². The first-order valence-corrected chi connectivity index (χ1v) is 10.3. The zero-order valence-electron chi connectivity index (χ0n) is 14.2. The molecule has 0 bridgehead atoms. The van der Waals surface area contributed by atoms with Gasteiger partial charge < -0.3 is 0 Å². The third-order valence-corrected chi connectivity index (χ3v) is 7.21. The molecule has 0 radical (unpaired) electrons. The summed E-state index contributed by atoms with van der Waals surface area (Å²) in [5.41, 5.74) is 2.88. The van der Waals surface area contributed by atoms with E-state index in [1.54, 1.807) is 22.6 Å². The summed E-state index contributed by atoms with van der Waals surface area (Å²) in [7, 11) is -3.43. The molecule has 1 aromatic carbocycles. The van der Waals surface area contributed by atoms with Gasteiger partial charge in [-0.05, 0) is 42.5 Å². The molecule has 0 saturated carbocycles. The van der Waals surface area contributed by atoms with Gasteiger partial charge in [0.2, 0.25) is 10.0 Å². The molecule has 1 aliphatic carbocycles. The van der Waals surface area contributed by atoms with Gasteiger partial charge >= 0.3 is 0 Å². The smallest absolute Gasteiger partial charge is 0.244 e. The molecule has 1 unspecified atom stereocenters. The molecule has 1 atom stereocenters. The van der Waals surface area contributed by atoms with Gasteiger partial charge in [-0.2, -0.15) is 4.31 Å². The molecular weight excluding hydrogens is 334 g/mol. The number of benzene rings is 1. The minimum Gasteiger partial charge on any atom is -0.294 e. The summed E-state index contributed by atoms with van der Waals surface area (Å²) in [6.45, 7) is 2.63. The van der Waals surface area contributed by atoms with Crippen molar-refractivity contribution in [3.8, 4) is 0 Å². The zero-order valence-corrected chi connectivity index (χ0v) is 15.0. The Morgan fingerprint density at radius 2 is 1.80 bits per heavy atom. The maximum Gasteiger partial charge on any atom is 0.244 e. The van der Waals surface area contributed by atoms with E-state index in [0.29, 0.717) is 19.1 Å². The number of fused-ring (bicyclic) bond motifs is 1. The van der Waals surface area contributed by atoms with Gasteiger partial charge in [-0.1, -0.05) is 24.3 Å². The second-order valence-corrected chi connectivity index (χ2v) is 8.67. The fourth-order valence-corrected chi connectivity index (χ4v) is 5.40. The van der Waals surface area contributed by atoms with Gasteiger partial charge in [-0.15, -0.1) is 0 Å². The summed E-state index contributed by atoms with van der Waals surface area (Å²) in [6.07, 6.45) is 6.54. The molecule has 1 fully saturated rings. The number of hydrogen-bond acceptors (Lipinski definition) is 4. The molecule has 1 saturated heterocycles. The Labute approximate surface area is 149 Å². The van der Waals surface area contributed by atoms with E-state index in [1.165, 1.54) is 23.7 Å². The van der Waals surface area contributed by atoms with Crippen molar-refractivity contribution in [3.63, 3.8) is 0 Å². The van der Waals surface area contributed by atoms with Crippen LogP contribution in [0.4, 0.5) is 0 Å². The lowest BCUT2D eigenvalue weighted by Crippen LogP contribution is -2.50. The second kappa shape index (κ2) is 6.86. The Hall–Kier alpha value is -1.76. The molecule has 1 aliphatic heterocycles. The predicted octanol–water partition coefficient (Wildman–Crippen LogP) is 2.47. The quantitative estimate of drug-likeness (QED) is 0.847. The number of piperazine rings is 1. The van der Waals surface area contributed by atoms with Crippen molar-refractivity contribution in [3.05, 3.63) is 59.9 Å². The van der Waals surface area contributed by atoms with Crippen LogP contribution in [0.25, 0.3) is 0 Å². The maximum absolute atomic E-state index is 12.7. The fourth-order valence-electron chi connectivity index (χ4n) is 4.01. The fraction of sp³-hybridized carbons (Fsp3) is 0.421. The summed E-state index contributed by atoms with van der Waals surface area (Å²) in [6, 6.07) is 12.4. The van der Waals surface area contributed by atoms with Gasteiger partial charge in [-0.3, -0.25) is 9.88 Å². The second-order valence-electron chi connectivity index (χ2n) is 6.74. The zero-order chi connectivity index (χ0) is 17.3. The first kappa shape index (κ1) is 16.7. The largest absolute Gasteiger partial charge is 0.294 e. The summed E-state index contributed by atoms with van der Waals surface area (Å²) < 4.78 is 27.1. The Balaban J connectivity index is 1.48. The Kier molecular flexibility index (Phi) is 4.58. The van der Waals surface area contributed by atoms with Crippen LogP contribution in [0.15, 0.2) is 53.7 Å². The van der Waals surface area contributed by atoms with Gasteiger partial charge in [0.15, 0.2) is 0 Å². The number of pyridine rings is 1. The Bertz CT molecular complexity index is 831. The van der Waals surface area contributed by atoms with E-state index in [1.807, 2.05) is 0 Å². The van der Waals surface area contributed by atoms with Crippen molar-refractivity contribution in [1.29, 1.82) is 0 Å². The van der Waals surface area contributed by atoms with Gasteiger partial charge in [0.05, 0.1) is 0 Å². The number of sulfonamides is 1. The molecule has 25 heavy (non-hydrogen) atoms. The van der Waals surface area contributed by atoms with Crippen LogP contribution in [0, 0.1) is 0 Å². The third-order valence-electron chi connectivity index (χ3n) is 5.32. The number of hydrogen-bond donors (Lipinski definition) is 0. The van der Waals surface area contributed by atoms with Crippen LogP contribution in [-0.2, 0) is 16.4 Å². The lowest BCUT2D eigenvalue weighted by Gasteiger charge is -2.41. The van der Waals surface area contributed by atoms with Gasteiger partial charge in [0.25, 0.3) is 0 Å². The van der Waals surface area contributed by atoms with E-state index in [9.17, 15) is 8.42 Å². The Morgan fingerprint density at radius 1 is 1.00 bits per heavy atom. The number of aromatic nitrogens is 1. The van der Waals surface area contributed by atoms with Crippen LogP contribution >= 0.6 is 0 Å². The molecule has 0 N–H and O–H groups in total. The maximum atomic E-state index is 12.7. The van der Waals surface area contributed by atoms with Crippen molar-refractivity contribution >= 4 is 10.0 Å². The van der Waals surface area contributed by atoms with Crippen LogP contribution < -0.4 is 0 Å². The summed E-state index contributed by atoms with van der Waals surface area (Å²) in [5, 5.41) is 0. The summed E-state index contributed by atoms with van der Waals surface area (Å²) in [4.78, 5) is 6.68. The molecule has 4 rings (SSSR count). The van der Waals surface area contributed by atoms with Crippen molar-refractivity contribution < 1.29 is 8.42 Å². The van der Waals surface area contributed by atoms with Crippen molar-refractivity contribution in [2.75, 3.05) is 26.2 Å². The van der Waals surface area contributed by atoms with E-state index in [4.69, 9.17) is 0 Å². The molecule has 5 nitrogen and oxygen atoms in total. The van der Waals surface area contributed by atoms with E-state index in [0.717, 1.165) is 25.9 Å². The van der Waals surface area contributed by atoms with Crippen LogP contribution in [0.3, 0.4) is 0 Å².